The number of benzene rings is 1. The SMILES string of the molecule is COCC1CCN(Cc2ccccc2CC(=O)OC)CC1. The van der Waals surface area contributed by atoms with E-state index in [0.717, 1.165) is 31.8 Å². The summed E-state index contributed by atoms with van der Waals surface area (Å²) in [6, 6.07) is 8.14. The fourth-order valence-corrected chi connectivity index (χ4v) is 2.90. The van der Waals surface area contributed by atoms with Crippen molar-refractivity contribution in [2.75, 3.05) is 33.9 Å². The number of carbonyl (C=O) groups is 1. The van der Waals surface area contributed by atoms with Gasteiger partial charge in [0.15, 0.2) is 0 Å². The van der Waals surface area contributed by atoms with Gasteiger partial charge < -0.3 is 9.47 Å². The zero-order valence-corrected chi connectivity index (χ0v) is 13.0. The van der Waals surface area contributed by atoms with Gasteiger partial charge in [-0.1, -0.05) is 24.3 Å². The van der Waals surface area contributed by atoms with E-state index in [1.54, 1.807) is 7.11 Å². The molecule has 2 rings (SSSR count). The first kappa shape index (κ1) is 16.0. The number of likely N-dealkylation sites (tertiary alicyclic amines) is 1. The van der Waals surface area contributed by atoms with Crippen molar-refractivity contribution in [3.05, 3.63) is 35.4 Å². The summed E-state index contributed by atoms with van der Waals surface area (Å²) >= 11 is 0. The summed E-state index contributed by atoms with van der Waals surface area (Å²) in [5, 5.41) is 0. The third-order valence-corrected chi connectivity index (χ3v) is 4.18. The minimum atomic E-state index is -0.179. The summed E-state index contributed by atoms with van der Waals surface area (Å²) in [6.45, 7) is 3.97. The summed E-state index contributed by atoms with van der Waals surface area (Å²) in [6.07, 6.45) is 2.73. The first-order valence-electron chi connectivity index (χ1n) is 7.57. The smallest absolute Gasteiger partial charge is 0.309 e. The molecule has 1 aliphatic rings. The summed E-state index contributed by atoms with van der Waals surface area (Å²) in [5.74, 6) is 0.512. The van der Waals surface area contributed by atoms with Crippen molar-refractivity contribution in [1.82, 2.24) is 4.90 Å². The van der Waals surface area contributed by atoms with Gasteiger partial charge in [-0.05, 0) is 43.0 Å². The van der Waals surface area contributed by atoms with E-state index >= 15 is 0 Å². The molecule has 0 amide bonds. The Bertz CT molecular complexity index is 453. The highest BCUT2D eigenvalue weighted by atomic mass is 16.5. The number of hydrogen-bond donors (Lipinski definition) is 0. The number of methoxy groups -OCH3 is 2. The van der Waals surface area contributed by atoms with Crippen LogP contribution in [-0.2, 0) is 27.2 Å². The fourth-order valence-electron chi connectivity index (χ4n) is 2.90. The van der Waals surface area contributed by atoms with Gasteiger partial charge in [0, 0.05) is 20.3 Å². The molecule has 0 bridgehead atoms. The normalized spacial score (nSPS) is 16.9. The van der Waals surface area contributed by atoms with Crippen LogP contribution in [0.25, 0.3) is 0 Å². The minimum absolute atomic E-state index is 0.179. The molecule has 4 nitrogen and oxygen atoms in total. The van der Waals surface area contributed by atoms with E-state index in [1.807, 2.05) is 18.2 Å². The maximum Gasteiger partial charge on any atom is 0.309 e. The molecule has 1 aromatic rings. The molecule has 1 fully saturated rings. The quantitative estimate of drug-likeness (QED) is 0.754. The first-order chi connectivity index (χ1) is 10.2. The Hall–Kier alpha value is -1.39. The summed E-state index contributed by atoms with van der Waals surface area (Å²) < 4.78 is 10.0. The Morgan fingerprint density at radius 3 is 2.48 bits per heavy atom. The summed E-state index contributed by atoms with van der Waals surface area (Å²) in [7, 11) is 3.21. The second-order valence-corrected chi connectivity index (χ2v) is 5.70. The van der Waals surface area contributed by atoms with Gasteiger partial charge in [-0.15, -0.1) is 0 Å². The van der Waals surface area contributed by atoms with E-state index in [4.69, 9.17) is 9.47 Å². The number of ether oxygens (including phenoxy) is 2. The largest absolute Gasteiger partial charge is 0.469 e. The van der Waals surface area contributed by atoms with E-state index in [2.05, 4.69) is 11.0 Å². The number of hydrogen-bond acceptors (Lipinski definition) is 4. The topological polar surface area (TPSA) is 38.8 Å². The van der Waals surface area contributed by atoms with Crippen molar-refractivity contribution in [2.45, 2.75) is 25.8 Å². The van der Waals surface area contributed by atoms with Gasteiger partial charge in [0.1, 0.15) is 0 Å². The number of piperidine rings is 1. The molecule has 21 heavy (non-hydrogen) atoms. The van der Waals surface area contributed by atoms with Crippen LogP contribution in [0.1, 0.15) is 24.0 Å². The molecule has 116 valence electrons. The Labute approximate surface area is 127 Å². The number of esters is 1. The maximum atomic E-state index is 11.5. The Morgan fingerprint density at radius 2 is 1.86 bits per heavy atom. The lowest BCUT2D eigenvalue weighted by molar-refractivity contribution is -0.139. The Balaban J connectivity index is 1.92. The van der Waals surface area contributed by atoms with E-state index in [1.165, 1.54) is 25.5 Å². The monoisotopic (exact) mass is 291 g/mol. The lowest BCUT2D eigenvalue weighted by Crippen LogP contribution is -2.34. The van der Waals surface area contributed by atoms with Crippen LogP contribution in [0.4, 0.5) is 0 Å². The predicted molar refractivity (Wildman–Crippen MR) is 82.0 cm³/mol. The second kappa shape index (κ2) is 8.15. The van der Waals surface area contributed by atoms with Gasteiger partial charge in [-0.3, -0.25) is 9.69 Å². The minimum Gasteiger partial charge on any atom is -0.469 e. The van der Waals surface area contributed by atoms with Crippen molar-refractivity contribution in [3.8, 4) is 0 Å². The lowest BCUT2D eigenvalue weighted by Gasteiger charge is -2.32. The summed E-state index contributed by atoms with van der Waals surface area (Å²) in [4.78, 5) is 14.0. The predicted octanol–water partition coefficient (Wildman–Crippen LogP) is 2.26. The van der Waals surface area contributed by atoms with Crippen LogP contribution in [0.5, 0.6) is 0 Å². The lowest BCUT2D eigenvalue weighted by atomic mass is 9.96. The van der Waals surface area contributed by atoms with E-state index < -0.39 is 0 Å². The van der Waals surface area contributed by atoms with E-state index in [9.17, 15) is 4.79 Å². The van der Waals surface area contributed by atoms with Crippen molar-refractivity contribution in [1.29, 1.82) is 0 Å². The molecule has 4 heteroatoms. The van der Waals surface area contributed by atoms with Gasteiger partial charge in [-0.25, -0.2) is 0 Å². The third kappa shape index (κ3) is 4.83. The molecular formula is C17H25NO3. The highest BCUT2D eigenvalue weighted by molar-refractivity contribution is 5.72. The molecule has 0 radical (unpaired) electrons. The van der Waals surface area contributed by atoms with Crippen LogP contribution in [0.15, 0.2) is 24.3 Å². The molecule has 0 aliphatic carbocycles. The highest BCUT2D eigenvalue weighted by Crippen LogP contribution is 2.20. The standard InChI is InChI=1S/C17H25NO3/c1-20-13-14-7-9-18(10-8-14)12-16-6-4-3-5-15(16)11-17(19)21-2/h3-6,14H,7-13H2,1-2H3. The van der Waals surface area contributed by atoms with Gasteiger partial charge in [0.25, 0.3) is 0 Å². The molecule has 1 aliphatic heterocycles. The highest BCUT2D eigenvalue weighted by Gasteiger charge is 2.20. The Morgan fingerprint density at radius 1 is 1.19 bits per heavy atom. The van der Waals surface area contributed by atoms with E-state index in [-0.39, 0.29) is 5.97 Å². The van der Waals surface area contributed by atoms with Crippen LogP contribution in [-0.4, -0.2) is 44.8 Å². The van der Waals surface area contributed by atoms with Crippen LogP contribution in [0.3, 0.4) is 0 Å². The van der Waals surface area contributed by atoms with Crippen LogP contribution >= 0.6 is 0 Å². The molecule has 1 aromatic carbocycles. The molecule has 0 saturated carbocycles. The van der Waals surface area contributed by atoms with Gasteiger partial charge >= 0.3 is 5.97 Å². The third-order valence-electron chi connectivity index (χ3n) is 4.18. The zero-order valence-electron chi connectivity index (χ0n) is 13.0. The maximum absolute atomic E-state index is 11.5. The van der Waals surface area contributed by atoms with Crippen LogP contribution < -0.4 is 0 Å². The van der Waals surface area contributed by atoms with Gasteiger partial charge in [0.2, 0.25) is 0 Å². The van der Waals surface area contributed by atoms with Gasteiger partial charge in [0.05, 0.1) is 13.5 Å². The molecule has 1 saturated heterocycles. The molecule has 0 atom stereocenters. The molecule has 1 heterocycles. The molecular weight excluding hydrogens is 266 g/mol. The average Bonchev–Trinajstić information content (AvgIpc) is 2.51. The second-order valence-electron chi connectivity index (χ2n) is 5.70. The van der Waals surface area contributed by atoms with Crippen LogP contribution in [0, 0.1) is 5.92 Å². The zero-order chi connectivity index (χ0) is 15.1. The molecule has 0 N–H and O–H groups in total. The number of carbonyl (C=O) groups excluding carboxylic acids is 1. The van der Waals surface area contributed by atoms with Crippen molar-refractivity contribution in [3.63, 3.8) is 0 Å². The first-order valence-corrected chi connectivity index (χ1v) is 7.57. The Kier molecular flexibility index (Phi) is 6.21. The molecule has 0 aromatic heterocycles. The van der Waals surface area contributed by atoms with Crippen LogP contribution in [0.2, 0.25) is 0 Å². The van der Waals surface area contributed by atoms with Crippen molar-refractivity contribution < 1.29 is 14.3 Å². The van der Waals surface area contributed by atoms with E-state index in [0.29, 0.717) is 12.3 Å². The molecule has 0 spiro atoms. The number of nitrogens with zero attached hydrogens (tertiary/aromatic N) is 1. The molecule has 0 unspecified atom stereocenters. The van der Waals surface area contributed by atoms with Crippen molar-refractivity contribution in [2.24, 2.45) is 5.92 Å². The van der Waals surface area contributed by atoms with Crippen molar-refractivity contribution >= 4 is 5.97 Å². The fraction of sp³-hybridized carbons (Fsp3) is 0.588. The summed E-state index contributed by atoms with van der Waals surface area (Å²) in [5.41, 5.74) is 2.30. The average molecular weight is 291 g/mol. The number of rotatable bonds is 6. The van der Waals surface area contributed by atoms with Gasteiger partial charge in [-0.2, -0.15) is 0 Å².